The minimum atomic E-state index is -0.272. The molecule has 1 atom stereocenters. The second-order valence-corrected chi connectivity index (χ2v) is 8.88. The van der Waals surface area contributed by atoms with Crippen molar-refractivity contribution in [1.29, 1.82) is 0 Å². The van der Waals surface area contributed by atoms with E-state index in [1.165, 1.54) is 34.2 Å². The van der Waals surface area contributed by atoms with Crippen LogP contribution in [0.5, 0.6) is 0 Å². The van der Waals surface area contributed by atoms with Gasteiger partial charge in [-0.2, -0.15) is 0 Å². The lowest BCUT2D eigenvalue weighted by molar-refractivity contribution is -0.115. The number of hydrogen-bond donors (Lipinski definition) is 2. The second-order valence-electron chi connectivity index (χ2n) is 6.31. The maximum atomic E-state index is 12.5. The van der Waals surface area contributed by atoms with Gasteiger partial charge in [0, 0.05) is 11.4 Å². The lowest BCUT2D eigenvalue weighted by atomic mass is 10.1. The number of nitrogens with zero attached hydrogens (tertiary/aromatic N) is 2. The topological polar surface area (TPSA) is 66.9 Å². The number of nitrogens with one attached hydrogen (secondary N) is 2. The summed E-state index contributed by atoms with van der Waals surface area (Å²) in [6.45, 7) is 8.00. The van der Waals surface area contributed by atoms with E-state index >= 15 is 0 Å². The van der Waals surface area contributed by atoms with Gasteiger partial charge in [0.05, 0.1) is 5.25 Å². The predicted octanol–water partition coefficient (Wildman–Crippen LogP) is 5.33. The molecule has 0 bridgehead atoms. The minimum Gasteiger partial charge on any atom is -0.330 e. The second kappa shape index (κ2) is 8.54. The Morgan fingerprint density at radius 1 is 1.00 bits per heavy atom. The highest BCUT2D eigenvalue weighted by atomic mass is 32.2. The molecule has 3 rings (SSSR count). The molecule has 0 saturated carbocycles. The van der Waals surface area contributed by atoms with Crippen LogP contribution in [0.25, 0.3) is 0 Å². The standard InChI is InChI=1S/C20H22N4OS2/c1-12-9-7-11-17(14(12)3)22-19-23-24-20(27-19)26-15(4)18(25)21-16-10-6-5-8-13(16)2/h5-11,15H,1-4H3,(H,21,25)(H,22,23)/t15-/m1/s1. The van der Waals surface area contributed by atoms with Crippen molar-refractivity contribution in [1.82, 2.24) is 10.2 Å². The Labute approximate surface area is 167 Å². The van der Waals surface area contributed by atoms with Crippen LogP contribution in [-0.2, 0) is 4.79 Å². The van der Waals surface area contributed by atoms with E-state index < -0.39 is 0 Å². The predicted molar refractivity (Wildman–Crippen MR) is 114 cm³/mol. The van der Waals surface area contributed by atoms with Crippen LogP contribution >= 0.6 is 23.1 Å². The van der Waals surface area contributed by atoms with Crippen LogP contribution in [0.1, 0.15) is 23.6 Å². The zero-order chi connectivity index (χ0) is 19.4. The quantitative estimate of drug-likeness (QED) is 0.550. The maximum Gasteiger partial charge on any atom is 0.237 e. The Bertz CT molecular complexity index is 955. The monoisotopic (exact) mass is 398 g/mol. The molecule has 27 heavy (non-hydrogen) atoms. The van der Waals surface area contributed by atoms with Gasteiger partial charge in [0.1, 0.15) is 0 Å². The highest BCUT2D eigenvalue weighted by molar-refractivity contribution is 8.02. The van der Waals surface area contributed by atoms with Crippen LogP contribution in [-0.4, -0.2) is 21.4 Å². The molecular weight excluding hydrogens is 376 g/mol. The summed E-state index contributed by atoms with van der Waals surface area (Å²) in [7, 11) is 0. The number of carbonyl (C=O) groups excluding carboxylic acids is 1. The summed E-state index contributed by atoms with van der Waals surface area (Å²) in [5.74, 6) is -0.0477. The van der Waals surface area contributed by atoms with Crippen LogP contribution in [0.15, 0.2) is 46.8 Å². The first-order valence-electron chi connectivity index (χ1n) is 8.64. The molecule has 3 aromatic rings. The summed E-state index contributed by atoms with van der Waals surface area (Å²) >= 11 is 2.86. The van der Waals surface area contributed by atoms with Gasteiger partial charge in [-0.25, -0.2) is 0 Å². The van der Waals surface area contributed by atoms with Crippen molar-refractivity contribution in [3.8, 4) is 0 Å². The summed E-state index contributed by atoms with van der Waals surface area (Å²) in [4.78, 5) is 12.5. The summed E-state index contributed by atoms with van der Waals surface area (Å²) < 4.78 is 0.759. The van der Waals surface area contributed by atoms with Crippen molar-refractivity contribution in [3.05, 3.63) is 59.2 Å². The van der Waals surface area contributed by atoms with E-state index in [9.17, 15) is 4.79 Å². The van der Waals surface area contributed by atoms with Gasteiger partial charge in [0.2, 0.25) is 11.0 Å². The van der Waals surface area contributed by atoms with E-state index in [1.807, 2.05) is 50.2 Å². The van der Waals surface area contributed by atoms with Crippen molar-refractivity contribution in [2.75, 3.05) is 10.6 Å². The van der Waals surface area contributed by atoms with Gasteiger partial charge in [0.25, 0.3) is 0 Å². The normalized spacial score (nSPS) is 11.9. The fourth-order valence-electron chi connectivity index (χ4n) is 2.46. The van der Waals surface area contributed by atoms with Gasteiger partial charge >= 0.3 is 0 Å². The fraction of sp³-hybridized carbons (Fsp3) is 0.250. The molecule has 2 N–H and O–H groups in total. The van der Waals surface area contributed by atoms with E-state index in [2.05, 4.69) is 40.7 Å². The Morgan fingerprint density at radius 3 is 2.48 bits per heavy atom. The number of para-hydroxylation sites is 1. The smallest absolute Gasteiger partial charge is 0.237 e. The highest BCUT2D eigenvalue weighted by Crippen LogP contribution is 2.32. The van der Waals surface area contributed by atoms with Gasteiger partial charge in [-0.3, -0.25) is 4.79 Å². The molecule has 0 aliphatic rings. The Hall–Kier alpha value is -2.38. The van der Waals surface area contributed by atoms with E-state index in [0.717, 1.165) is 26.4 Å². The summed E-state index contributed by atoms with van der Waals surface area (Å²) in [6, 6.07) is 13.9. The molecule has 2 aromatic carbocycles. The molecule has 7 heteroatoms. The van der Waals surface area contributed by atoms with Crippen molar-refractivity contribution >= 4 is 45.5 Å². The molecule has 5 nitrogen and oxygen atoms in total. The zero-order valence-corrected chi connectivity index (χ0v) is 17.4. The molecule has 0 fully saturated rings. The fourth-order valence-corrected chi connectivity index (χ4v) is 4.37. The lowest BCUT2D eigenvalue weighted by Crippen LogP contribution is -2.22. The number of hydrogen-bond acceptors (Lipinski definition) is 6. The molecular formula is C20H22N4OS2. The molecule has 1 aromatic heterocycles. The maximum absolute atomic E-state index is 12.5. The van der Waals surface area contributed by atoms with E-state index in [-0.39, 0.29) is 11.2 Å². The number of aromatic nitrogens is 2. The zero-order valence-electron chi connectivity index (χ0n) is 15.7. The Kier molecular flexibility index (Phi) is 6.13. The van der Waals surface area contributed by atoms with Crippen LogP contribution < -0.4 is 10.6 Å². The molecule has 1 heterocycles. The molecule has 1 amide bonds. The summed E-state index contributed by atoms with van der Waals surface area (Å²) in [5, 5.41) is 15.1. The molecule has 0 aliphatic carbocycles. The van der Waals surface area contributed by atoms with Crippen molar-refractivity contribution < 1.29 is 4.79 Å². The first-order chi connectivity index (χ1) is 12.9. The SMILES string of the molecule is Cc1ccccc1NC(=O)[C@@H](C)Sc1nnc(Nc2cccc(C)c2C)s1. The number of aryl methyl sites for hydroxylation is 2. The first kappa shape index (κ1) is 19.4. The first-order valence-corrected chi connectivity index (χ1v) is 10.3. The Morgan fingerprint density at radius 2 is 1.70 bits per heavy atom. The van der Waals surface area contributed by atoms with Gasteiger partial charge in [-0.05, 0) is 56.5 Å². The third-order valence-electron chi connectivity index (χ3n) is 4.30. The van der Waals surface area contributed by atoms with E-state index in [1.54, 1.807) is 0 Å². The van der Waals surface area contributed by atoms with Crippen LogP contribution in [0, 0.1) is 20.8 Å². The number of thioether (sulfide) groups is 1. The van der Waals surface area contributed by atoms with Crippen LogP contribution in [0.3, 0.4) is 0 Å². The number of benzene rings is 2. The Balaban J connectivity index is 1.62. The van der Waals surface area contributed by atoms with Crippen molar-refractivity contribution in [3.63, 3.8) is 0 Å². The molecule has 0 unspecified atom stereocenters. The molecule has 0 saturated heterocycles. The third-order valence-corrected chi connectivity index (χ3v) is 6.33. The average Bonchev–Trinajstić information content (AvgIpc) is 3.08. The van der Waals surface area contributed by atoms with Crippen LogP contribution in [0.4, 0.5) is 16.5 Å². The summed E-state index contributed by atoms with van der Waals surface area (Å²) in [5.41, 5.74) is 5.31. The number of amides is 1. The van der Waals surface area contributed by atoms with Gasteiger partial charge < -0.3 is 10.6 Å². The molecule has 0 radical (unpaired) electrons. The molecule has 140 valence electrons. The molecule has 0 aliphatic heterocycles. The lowest BCUT2D eigenvalue weighted by Gasteiger charge is -2.12. The van der Waals surface area contributed by atoms with E-state index in [4.69, 9.17) is 0 Å². The van der Waals surface area contributed by atoms with Gasteiger partial charge in [-0.1, -0.05) is 53.4 Å². The average molecular weight is 399 g/mol. The van der Waals surface area contributed by atoms with Gasteiger partial charge in [0.15, 0.2) is 4.34 Å². The summed E-state index contributed by atoms with van der Waals surface area (Å²) in [6.07, 6.45) is 0. The molecule has 0 spiro atoms. The number of anilines is 3. The van der Waals surface area contributed by atoms with E-state index in [0.29, 0.717) is 0 Å². The third kappa shape index (κ3) is 4.87. The largest absolute Gasteiger partial charge is 0.330 e. The number of carbonyl (C=O) groups is 1. The van der Waals surface area contributed by atoms with Gasteiger partial charge in [-0.15, -0.1) is 10.2 Å². The van der Waals surface area contributed by atoms with Crippen LogP contribution in [0.2, 0.25) is 0 Å². The highest BCUT2D eigenvalue weighted by Gasteiger charge is 2.18. The minimum absolute atomic E-state index is 0.0477. The van der Waals surface area contributed by atoms with Crippen molar-refractivity contribution in [2.24, 2.45) is 0 Å². The number of rotatable bonds is 6. The van der Waals surface area contributed by atoms with Crippen molar-refractivity contribution in [2.45, 2.75) is 37.3 Å².